The molecule has 1 aliphatic heterocycles. The third-order valence-corrected chi connectivity index (χ3v) is 8.30. The van der Waals surface area contributed by atoms with Crippen molar-refractivity contribution in [2.24, 2.45) is 5.16 Å². The molecule has 0 bridgehead atoms. The molecule has 36 heavy (non-hydrogen) atoms. The molecule has 2 aliphatic rings. The average Bonchev–Trinajstić information content (AvgIpc) is 3.19. The Labute approximate surface area is 217 Å². The maximum atomic E-state index is 14.7. The van der Waals surface area contributed by atoms with Gasteiger partial charge in [0.1, 0.15) is 0 Å². The Bertz CT molecular complexity index is 1210. The number of carbonyl (C=O) groups excluding carboxylic acids is 1. The molecule has 1 heterocycles. The summed E-state index contributed by atoms with van der Waals surface area (Å²) in [5.74, 6) is -0.208. The van der Waals surface area contributed by atoms with Crippen LogP contribution >= 0.6 is 11.8 Å². The highest BCUT2D eigenvalue weighted by atomic mass is 32.2. The molecule has 0 aromatic heterocycles. The van der Waals surface area contributed by atoms with Crippen molar-refractivity contribution in [3.05, 3.63) is 102 Å². The van der Waals surface area contributed by atoms with E-state index in [9.17, 15) is 4.79 Å². The monoisotopic (exact) mass is 500 g/mol. The first-order valence-electron chi connectivity index (χ1n) is 12.7. The molecule has 2 atom stereocenters. The summed E-state index contributed by atoms with van der Waals surface area (Å²) in [5.41, 5.74) is 4.50. The van der Waals surface area contributed by atoms with Crippen molar-refractivity contribution in [2.45, 2.75) is 55.9 Å². The van der Waals surface area contributed by atoms with Crippen LogP contribution < -0.4 is 4.90 Å². The van der Waals surface area contributed by atoms with Crippen molar-refractivity contribution in [3.63, 3.8) is 0 Å². The van der Waals surface area contributed by atoms with Gasteiger partial charge in [-0.3, -0.25) is 9.69 Å². The summed E-state index contributed by atoms with van der Waals surface area (Å²) in [6.45, 7) is 4.40. The van der Waals surface area contributed by atoms with E-state index in [0.29, 0.717) is 6.61 Å². The third kappa shape index (κ3) is 4.44. The molecule has 1 saturated heterocycles. The lowest BCUT2D eigenvalue weighted by atomic mass is 9.99. The van der Waals surface area contributed by atoms with E-state index in [2.05, 4.69) is 5.16 Å². The Morgan fingerprint density at radius 3 is 2.08 bits per heavy atom. The first kappa shape index (κ1) is 24.6. The van der Waals surface area contributed by atoms with Crippen LogP contribution in [0.2, 0.25) is 0 Å². The molecule has 1 aliphatic carbocycles. The van der Waals surface area contributed by atoms with Gasteiger partial charge in [0, 0.05) is 23.4 Å². The van der Waals surface area contributed by atoms with Gasteiger partial charge >= 0.3 is 0 Å². The standard InChI is InChI=1S/C30H32N2O3S/c1-3-34-30(25-15-9-5-10-16-25)32(27-21-19-23(2)20-22-27)28(33)29(36-30,24-13-7-4-8-14-24)35-31-26-17-11-6-12-18-26/h4-5,7-10,13-16,19-22H,3,6,11-12,17-18H2,1-2H3/t29-,30-/m0/s1. The number of aryl methyl sites for hydroxylation is 1. The number of rotatable bonds is 7. The molecule has 0 N–H and O–H groups in total. The number of hydrogen-bond acceptors (Lipinski definition) is 5. The van der Waals surface area contributed by atoms with Gasteiger partial charge in [-0.1, -0.05) is 89.9 Å². The molecule has 6 heteroatoms. The smallest absolute Gasteiger partial charge is 0.293 e. The minimum Gasteiger partial charge on any atom is -0.363 e. The summed E-state index contributed by atoms with van der Waals surface area (Å²) in [5, 5.41) is 3.48. The molecule has 2 fully saturated rings. The summed E-state index contributed by atoms with van der Waals surface area (Å²) in [4.78, 5) is 21.4. The molecule has 3 aromatic rings. The fourth-order valence-corrected chi connectivity index (χ4v) is 6.49. The van der Waals surface area contributed by atoms with Crippen LogP contribution in [0.1, 0.15) is 55.7 Å². The largest absolute Gasteiger partial charge is 0.363 e. The van der Waals surface area contributed by atoms with Crippen molar-refractivity contribution >= 4 is 29.1 Å². The van der Waals surface area contributed by atoms with Crippen molar-refractivity contribution in [3.8, 4) is 0 Å². The van der Waals surface area contributed by atoms with Crippen LogP contribution in [0.25, 0.3) is 0 Å². The SMILES string of the molecule is CCO[C@@]1(c2ccccc2)S[C@@](ON=C2CCCCC2)(c2ccccc2)C(=O)N1c1ccc(C)cc1. The zero-order valence-corrected chi connectivity index (χ0v) is 21.7. The van der Waals surface area contributed by atoms with Gasteiger partial charge < -0.3 is 9.57 Å². The molecule has 5 rings (SSSR count). The van der Waals surface area contributed by atoms with Crippen LogP contribution in [0.15, 0.2) is 90.1 Å². The molecule has 1 saturated carbocycles. The van der Waals surface area contributed by atoms with E-state index in [4.69, 9.17) is 9.57 Å². The Hall–Kier alpha value is -3.09. The van der Waals surface area contributed by atoms with Crippen molar-refractivity contribution in [1.82, 2.24) is 0 Å². The predicted octanol–water partition coefficient (Wildman–Crippen LogP) is 7.11. The van der Waals surface area contributed by atoms with E-state index in [1.807, 2.05) is 98.8 Å². The van der Waals surface area contributed by atoms with Crippen LogP contribution in [-0.2, 0) is 24.4 Å². The van der Waals surface area contributed by atoms with E-state index < -0.39 is 9.99 Å². The zero-order valence-electron chi connectivity index (χ0n) is 20.9. The number of amides is 1. The van der Waals surface area contributed by atoms with E-state index in [-0.39, 0.29) is 5.91 Å². The van der Waals surface area contributed by atoms with Gasteiger partial charge in [0.2, 0.25) is 5.06 Å². The first-order valence-corrected chi connectivity index (χ1v) is 13.5. The lowest BCUT2D eigenvalue weighted by Crippen LogP contribution is -2.46. The average molecular weight is 501 g/mol. The van der Waals surface area contributed by atoms with Crippen LogP contribution in [0.3, 0.4) is 0 Å². The maximum Gasteiger partial charge on any atom is 0.293 e. The van der Waals surface area contributed by atoms with E-state index >= 15 is 0 Å². The number of ether oxygens (including phenoxy) is 1. The molecule has 1 amide bonds. The number of thioether (sulfide) groups is 1. The van der Waals surface area contributed by atoms with Gasteiger partial charge in [-0.05, 0) is 63.4 Å². The van der Waals surface area contributed by atoms with Gasteiger partial charge in [0.25, 0.3) is 10.8 Å². The van der Waals surface area contributed by atoms with E-state index in [1.54, 1.807) is 4.90 Å². The number of benzene rings is 3. The van der Waals surface area contributed by atoms with Crippen LogP contribution in [0.4, 0.5) is 5.69 Å². The Morgan fingerprint density at radius 1 is 0.861 bits per heavy atom. The van der Waals surface area contributed by atoms with Gasteiger partial charge in [-0.25, -0.2) is 0 Å². The summed E-state index contributed by atoms with van der Waals surface area (Å²) in [7, 11) is 0. The molecule has 186 valence electrons. The van der Waals surface area contributed by atoms with Gasteiger partial charge in [-0.2, -0.15) is 0 Å². The van der Waals surface area contributed by atoms with E-state index in [0.717, 1.165) is 53.8 Å². The van der Waals surface area contributed by atoms with Gasteiger partial charge in [-0.15, -0.1) is 0 Å². The van der Waals surface area contributed by atoms with Crippen LogP contribution in [0.5, 0.6) is 0 Å². The number of carbonyl (C=O) groups is 1. The summed E-state index contributed by atoms with van der Waals surface area (Å²) < 4.78 is 6.55. The van der Waals surface area contributed by atoms with Gasteiger partial charge in [0.05, 0.1) is 5.71 Å². The lowest BCUT2D eigenvalue weighted by Gasteiger charge is -2.36. The highest BCUT2D eigenvalue weighted by Crippen LogP contribution is 2.61. The topological polar surface area (TPSA) is 51.1 Å². The Balaban J connectivity index is 1.71. The Morgan fingerprint density at radius 2 is 1.47 bits per heavy atom. The highest BCUT2D eigenvalue weighted by molar-refractivity contribution is 8.02. The Kier molecular flexibility index (Phi) is 7.17. The third-order valence-electron chi connectivity index (χ3n) is 6.72. The molecular weight excluding hydrogens is 468 g/mol. The molecule has 0 unspecified atom stereocenters. The normalized spacial score (nSPS) is 24.1. The quantitative estimate of drug-likeness (QED) is 0.324. The van der Waals surface area contributed by atoms with Crippen molar-refractivity contribution in [2.75, 3.05) is 11.5 Å². The summed E-state index contributed by atoms with van der Waals surface area (Å²) in [6.07, 6.45) is 5.22. The number of nitrogens with zero attached hydrogens (tertiary/aromatic N) is 2. The second kappa shape index (κ2) is 10.5. The lowest BCUT2D eigenvalue weighted by molar-refractivity contribution is -0.134. The highest BCUT2D eigenvalue weighted by Gasteiger charge is 2.66. The molecule has 0 spiro atoms. The number of oxime groups is 1. The number of anilines is 1. The molecule has 3 aromatic carbocycles. The van der Waals surface area contributed by atoms with Crippen LogP contribution in [0, 0.1) is 6.92 Å². The summed E-state index contributed by atoms with van der Waals surface area (Å²) in [6, 6.07) is 27.6. The van der Waals surface area contributed by atoms with E-state index in [1.165, 1.54) is 18.2 Å². The van der Waals surface area contributed by atoms with Crippen molar-refractivity contribution < 1.29 is 14.4 Å². The van der Waals surface area contributed by atoms with Gasteiger partial charge in [0.15, 0.2) is 0 Å². The van der Waals surface area contributed by atoms with Crippen molar-refractivity contribution in [1.29, 1.82) is 0 Å². The fraction of sp³-hybridized carbons (Fsp3) is 0.333. The summed E-state index contributed by atoms with van der Waals surface area (Å²) >= 11 is 1.37. The molecule has 0 radical (unpaired) electrons. The molecule has 5 nitrogen and oxygen atoms in total. The second-order valence-electron chi connectivity index (χ2n) is 9.25. The first-order chi connectivity index (χ1) is 17.6. The zero-order chi connectivity index (χ0) is 25.0. The van der Waals surface area contributed by atoms with Crippen LogP contribution in [-0.4, -0.2) is 18.2 Å². The second-order valence-corrected chi connectivity index (χ2v) is 10.6. The number of hydrogen-bond donors (Lipinski definition) is 0. The fourth-order valence-electron chi connectivity index (χ4n) is 4.89. The predicted molar refractivity (Wildman–Crippen MR) is 146 cm³/mol. The maximum absolute atomic E-state index is 14.7. The minimum atomic E-state index is -1.40. The minimum absolute atomic E-state index is 0.208. The molecular formula is C30H32N2O3S.